The number of carbonyl (C=O) groups is 2. The molecule has 0 radical (unpaired) electrons. The fourth-order valence-electron chi connectivity index (χ4n) is 3.20. The summed E-state index contributed by atoms with van der Waals surface area (Å²) < 4.78 is 5.25. The molecular formula is C22H27N3O3. The van der Waals surface area contributed by atoms with Crippen molar-refractivity contribution in [1.82, 2.24) is 15.4 Å². The Kier molecular flexibility index (Phi) is 6.63. The number of piperidine rings is 1. The number of nitrogens with zero attached hydrogens (tertiary/aromatic N) is 2. The number of benzene rings is 1. The van der Waals surface area contributed by atoms with Gasteiger partial charge in [0.1, 0.15) is 0 Å². The van der Waals surface area contributed by atoms with E-state index >= 15 is 0 Å². The lowest BCUT2D eigenvalue weighted by Crippen LogP contribution is -2.42. The Hall–Kier alpha value is -2.89. The molecule has 2 aromatic rings. The molecule has 0 atom stereocenters. The Morgan fingerprint density at radius 2 is 1.96 bits per heavy atom. The number of likely N-dealkylation sites (tertiary alicyclic amines) is 1. The summed E-state index contributed by atoms with van der Waals surface area (Å²) in [6.07, 6.45) is 4.77. The van der Waals surface area contributed by atoms with E-state index in [0.717, 1.165) is 11.3 Å². The average molecular weight is 381 g/mol. The normalized spacial score (nSPS) is 15.3. The number of hydrogen-bond donors (Lipinski definition) is 1. The molecule has 1 fully saturated rings. The Labute approximate surface area is 165 Å². The zero-order valence-electron chi connectivity index (χ0n) is 16.4. The maximum atomic E-state index is 12.4. The second-order valence-corrected chi connectivity index (χ2v) is 7.43. The van der Waals surface area contributed by atoms with Crippen molar-refractivity contribution in [1.29, 1.82) is 0 Å². The molecular weight excluding hydrogens is 354 g/mol. The Balaban J connectivity index is 1.43. The third-order valence-corrected chi connectivity index (χ3v) is 5.00. The van der Waals surface area contributed by atoms with Crippen molar-refractivity contribution in [2.24, 2.45) is 5.92 Å². The van der Waals surface area contributed by atoms with Crippen molar-refractivity contribution in [2.75, 3.05) is 13.1 Å². The van der Waals surface area contributed by atoms with E-state index in [9.17, 15) is 9.59 Å². The minimum absolute atomic E-state index is 0.00872. The molecule has 148 valence electrons. The molecule has 1 aliphatic heterocycles. The summed E-state index contributed by atoms with van der Waals surface area (Å²) in [5, 5.41) is 6.92. The lowest BCUT2D eigenvalue weighted by molar-refractivity contribution is -0.132. The average Bonchev–Trinajstić information content (AvgIpc) is 3.20. The van der Waals surface area contributed by atoms with Gasteiger partial charge in [-0.3, -0.25) is 9.59 Å². The second kappa shape index (κ2) is 9.35. The topological polar surface area (TPSA) is 75.4 Å². The Bertz CT molecular complexity index is 819. The number of rotatable bonds is 6. The van der Waals surface area contributed by atoms with Gasteiger partial charge >= 0.3 is 0 Å². The molecule has 1 saturated heterocycles. The smallest absolute Gasteiger partial charge is 0.246 e. The maximum Gasteiger partial charge on any atom is 0.246 e. The highest BCUT2D eigenvalue weighted by molar-refractivity contribution is 5.92. The van der Waals surface area contributed by atoms with Crippen LogP contribution in [0.5, 0.6) is 0 Å². The van der Waals surface area contributed by atoms with Gasteiger partial charge in [0.15, 0.2) is 5.76 Å². The van der Waals surface area contributed by atoms with Crippen LogP contribution in [0.1, 0.15) is 49.6 Å². The first-order valence-corrected chi connectivity index (χ1v) is 9.78. The quantitative estimate of drug-likeness (QED) is 0.779. The number of nitrogens with one attached hydrogen (secondary N) is 1. The number of amides is 2. The summed E-state index contributed by atoms with van der Waals surface area (Å²) in [5.41, 5.74) is 1.89. The van der Waals surface area contributed by atoms with Crippen LogP contribution < -0.4 is 5.32 Å². The van der Waals surface area contributed by atoms with Gasteiger partial charge in [-0.05, 0) is 30.4 Å². The molecule has 1 aromatic carbocycles. The minimum Gasteiger partial charge on any atom is -0.359 e. The lowest BCUT2D eigenvalue weighted by Gasteiger charge is -2.30. The molecule has 3 rings (SSSR count). The van der Waals surface area contributed by atoms with Crippen LogP contribution >= 0.6 is 0 Å². The fourth-order valence-corrected chi connectivity index (χ4v) is 3.20. The molecule has 1 aliphatic rings. The monoisotopic (exact) mass is 381 g/mol. The summed E-state index contributed by atoms with van der Waals surface area (Å²) in [6.45, 7) is 5.62. The molecule has 0 unspecified atom stereocenters. The van der Waals surface area contributed by atoms with Crippen molar-refractivity contribution in [2.45, 2.75) is 39.2 Å². The van der Waals surface area contributed by atoms with Crippen LogP contribution in [0.15, 0.2) is 47.0 Å². The van der Waals surface area contributed by atoms with Gasteiger partial charge in [-0.1, -0.05) is 49.3 Å². The van der Waals surface area contributed by atoms with Gasteiger partial charge < -0.3 is 14.7 Å². The molecule has 1 N–H and O–H groups in total. The molecule has 0 bridgehead atoms. The Morgan fingerprint density at radius 1 is 1.25 bits per heavy atom. The van der Waals surface area contributed by atoms with Crippen molar-refractivity contribution >= 4 is 17.9 Å². The van der Waals surface area contributed by atoms with Crippen LogP contribution in [0.4, 0.5) is 0 Å². The molecule has 28 heavy (non-hydrogen) atoms. The van der Waals surface area contributed by atoms with Gasteiger partial charge in [0.2, 0.25) is 11.8 Å². The molecule has 0 saturated carbocycles. The van der Waals surface area contributed by atoms with Crippen molar-refractivity contribution < 1.29 is 14.1 Å². The molecule has 0 spiro atoms. The van der Waals surface area contributed by atoms with Gasteiger partial charge in [-0.2, -0.15) is 0 Å². The van der Waals surface area contributed by atoms with E-state index in [4.69, 9.17) is 4.52 Å². The minimum atomic E-state index is -0.0744. The highest BCUT2D eigenvalue weighted by Gasteiger charge is 2.26. The van der Waals surface area contributed by atoms with Crippen LogP contribution in [0.25, 0.3) is 6.08 Å². The lowest BCUT2D eigenvalue weighted by atomic mass is 9.95. The largest absolute Gasteiger partial charge is 0.359 e. The van der Waals surface area contributed by atoms with Gasteiger partial charge in [0, 0.05) is 31.1 Å². The highest BCUT2D eigenvalue weighted by Crippen LogP contribution is 2.19. The van der Waals surface area contributed by atoms with Gasteiger partial charge in [0.05, 0.1) is 12.2 Å². The van der Waals surface area contributed by atoms with E-state index in [1.165, 1.54) is 0 Å². The van der Waals surface area contributed by atoms with E-state index in [-0.39, 0.29) is 17.7 Å². The number of hydrogen-bond acceptors (Lipinski definition) is 4. The first kappa shape index (κ1) is 19.9. The van der Waals surface area contributed by atoms with Crippen LogP contribution in [0, 0.1) is 5.92 Å². The van der Waals surface area contributed by atoms with Crippen LogP contribution in [0.3, 0.4) is 0 Å². The predicted octanol–water partition coefficient (Wildman–Crippen LogP) is 3.37. The summed E-state index contributed by atoms with van der Waals surface area (Å²) in [7, 11) is 0. The first-order valence-electron chi connectivity index (χ1n) is 9.78. The van der Waals surface area contributed by atoms with E-state index in [0.29, 0.717) is 44.2 Å². The maximum absolute atomic E-state index is 12.4. The molecule has 6 heteroatoms. The number of aromatic nitrogens is 1. The standard InChI is InChI=1S/C22H27N3O3/c1-16(2)20-14-19(28-24-20)15-23-22(27)18-10-12-25(13-11-18)21(26)9-8-17-6-4-3-5-7-17/h3-9,14,16,18H,10-13,15H2,1-2H3,(H,23,27). The summed E-state index contributed by atoms with van der Waals surface area (Å²) in [6, 6.07) is 11.6. The van der Waals surface area contributed by atoms with Gasteiger partial charge in [-0.25, -0.2) is 0 Å². The summed E-state index contributed by atoms with van der Waals surface area (Å²) in [4.78, 5) is 26.5. The van der Waals surface area contributed by atoms with Crippen molar-refractivity contribution in [3.63, 3.8) is 0 Å². The van der Waals surface area contributed by atoms with Crippen LogP contribution in [-0.4, -0.2) is 35.0 Å². The highest BCUT2D eigenvalue weighted by atomic mass is 16.5. The third kappa shape index (κ3) is 5.31. The molecule has 1 aromatic heterocycles. The van der Waals surface area contributed by atoms with E-state index in [2.05, 4.69) is 10.5 Å². The van der Waals surface area contributed by atoms with E-state index < -0.39 is 0 Å². The second-order valence-electron chi connectivity index (χ2n) is 7.43. The fraction of sp³-hybridized carbons (Fsp3) is 0.409. The van der Waals surface area contributed by atoms with Crippen LogP contribution in [-0.2, 0) is 16.1 Å². The molecule has 0 aliphatic carbocycles. The van der Waals surface area contributed by atoms with Crippen LogP contribution in [0.2, 0.25) is 0 Å². The van der Waals surface area contributed by atoms with Gasteiger partial charge in [0.25, 0.3) is 0 Å². The van der Waals surface area contributed by atoms with E-state index in [1.807, 2.05) is 56.3 Å². The molecule has 2 amide bonds. The first-order chi connectivity index (χ1) is 13.5. The number of carbonyl (C=O) groups excluding carboxylic acids is 2. The zero-order valence-corrected chi connectivity index (χ0v) is 16.4. The molecule has 2 heterocycles. The third-order valence-electron chi connectivity index (χ3n) is 5.00. The summed E-state index contributed by atoms with van der Waals surface area (Å²) >= 11 is 0. The van der Waals surface area contributed by atoms with E-state index in [1.54, 1.807) is 11.0 Å². The van der Waals surface area contributed by atoms with Crippen molar-refractivity contribution in [3.8, 4) is 0 Å². The Morgan fingerprint density at radius 3 is 2.61 bits per heavy atom. The predicted molar refractivity (Wildman–Crippen MR) is 107 cm³/mol. The summed E-state index contributed by atoms with van der Waals surface area (Å²) in [5.74, 6) is 0.886. The van der Waals surface area contributed by atoms with Crippen molar-refractivity contribution in [3.05, 3.63) is 59.5 Å². The van der Waals surface area contributed by atoms with Gasteiger partial charge in [-0.15, -0.1) is 0 Å². The molecule has 6 nitrogen and oxygen atoms in total. The SMILES string of the molecule is CC(C)c1cc(CNC(=O)C2CCN(C(=O)C=Cc3ccccc3)CC2)on1. The zero-order chi connectivity index (χ0) is 19.9.